The normalized spacial score (nSPS) is 10.6. The summed E-state index contributed by atoms with van der Waals surface area (Å²) in [6, 6.07) is 3.51. The highest BCUT2D eigenvalue weighted by Gasteiger charge is 2.06. The van der Waals surface area contributed by atoms with Gasteiger partial charge < -0.3 is 0 Å². The fourth-order valence-corrected chi connectivity index (χ4v) is 1.48. The van der Waals surface area contributed by atoms with Crippen LogP contribution in [0.1, 0.15) is 16.3 Å². The van der Waals surface area contributed by atoms with E-state index in [4.69, 9.17) is 11.6 Å². The first-order valence-electron chi connectivity index (χ1n) is 3.82. The summed E-state index contributed by atoms with van der Waals surface area (Å²) < 4.78 is 1.72. The van der Waals surface area contributed by atoms with E-state index >= 15 is 0 Å². The summed E-state index contributed by atoms with van der Waals surface area (Å²) >= 11 is 5.81. The zero-order valence-corrected chi connectivity index (χ0v) is 7.75. The largest absolute Gasteiger partial charge is 0.297 e. The number of aromatic nitrogens is 2. The Kier molecular flexibility index (Phi) is 1.81. The van der Waals surface area contributed by atoms with Gasteiger partial charge in [-0.1, -0.05) is 11.6 Å². The quantitative estimate of drug-likeness (QED) is 0.652. The summed E-state index contributed by atoms with van der Waals surface area (Å²) in [5.41, 5.74) is 1.68. The summed E-state index contributed by atoms with van der Waals surface area (Å²) in [4.78, 5) is 14.7. The zero-order chi connectivity index (χ0) is 9.42. The molecule has 0 amide bonds. The molecule has 13 heavy (non-hydrogen) atoms. The van der Waals surface area contributed by atoms with Gasteiger partial charge in [-0.15, -0.1) is 0 Å². The van der Waals surface area contributed by atoms with Gasteiger partial charge in [-0.25, -0.2) is 4.98 Å². The second kappa shape index (κ2) is 2.85. The lowest BCUT2D eigenvalue weighted by molar-refractivity contribution is 0.111. The van der Waals surface area contributed by atoms with E-state index in [0.717, 1.165) is 17.5 Å². The predicted molar refractivity (Wildman–Crippen MR) is 50.3 cm³/mol. The summed E-state index contributed by atoms with van der Waals surface area (Å²) in [7, 11) is 0. The molecule has 0 aliphatic carbocycles. The number of rotatable bonds is 1. The number of aldehydes is 1. The van der Waals surface area contributed by atoms with Gasteiger partial charge in [0.15, 0.2) is 12.1 Å². The van der Waals surface area contributed by atoms with Crippen LogP contribution in [-0.4, -0.2) is 15.7 Å². The second-order valence-corrected chi connectivity index (χ2v) is 3.21. The van der Waals surface area contributed by atoms with E-state index in [-0.39, 0.29) is 0 Å². The molecule has 0 aliphatic heterocycles. The first kappa shape index (κ1) is 8.26. The highest BCUT2D eigenvalue weighted by Crippen LogP contribution is 2.16. The third-order valence-corrected chi connectivity index (χ3v) is 2.16. The molecule has 0 unspecified atom stereocenters. The maximum absolute atomic E-state index is 10.6. The Hall–Kier alpha value is -1.35. The molecule has 0 spiro atoms. The molecule has 0 saturated carbocycles. The van der Waals surface area contributed by atoms with Crippen molar-refractivity contribution >= 4 is 23.4 Å². The molecule has 2 aromatic heterocycles. The average Bonchev–Trinajstić information content (AvgIpc) is 2.43. The van der Waals surface area contributed by atoms with Crippen molar-refractivity contribution in [1.82, 2.24) is 9.38 Å². The van der Waals surface area contributed by atoms with Gasteiger partial charge >= 0.3 is 0 Å². The molecular formula is C9H7ClN2O. The van der Waals surface area contributed by atoms with Crippen molar-refractivity contribution in [2.24, 2.45) is 0 Å². The Morgan fingerprint density at radius 2 is 2.38 bits per heavy atom. The number of halogens is 1. The molecule has 0 aliphatic rings. The fourth-order valence-electron chi connectivity index (χ4n) is 1.32. The van der Waals surface area contributed by atoms with Crippen LogP contribution >= 0.6 is 11.6 Å². The summed E-state index contributed by atoms with van der Waals surface area (Å²) in [5.74, 6) is 0.407. The Morgan fingerprint density at radius 1 is 1.62 bits per heavy atom. The van der Waals surface area contributed by atoms with Crippen LogP contribution in [0.25, 0.3) is 5.52 Å². The Labute approximate surface area is 80.0 Å². The molecule has 0 N–H and O–H groups in total. The smallest absolute Gasteiger partial charge is 0.185 e. The van der Waals surface area contributed by atoms with Gasteiger partial charge in [0.25, 0.3) is 0 Å². The van der Waals surface area contributed by atoms with Gasteiger partial charge in [0.1, 0.15) is 0 Å². The van der Waals surface area contributed by atoms with Crippen molar-refractivity contribution in [2.75, 3.05) is 0 Å². The monoisotopic (exact) mass is 194 g/mol. The molecule has 0 fully saturated rings. The SMILES string of the molecule is Cc1nc(C=O)n2ccc(Cl)cc12. The molecule has 2 rings (SSSR count). The maximum Gasteiger partial charge on any atom is 0.185 e. The van der Waals surface area contributed by atoms with Crippen molar-refractivity contribution in [2.45, 2.75) is 6.92 Å². The summed E-state index contributed by atoms with van der Waals surface area (Å²) in [5, 5.41) is 0.646. The third kappa shape index (κ3) is 1.21. The van der Waals surface area contributed by atoms with E-state index in [1.807, 2.05) is 6.92 Å². The molecule has 0 aromatic carbocycles. The number of aryl methyl sites for hydroxylation is 1. The van der Waals surface area contributed by atoms with Crippen LogP contribution in [0.4, 0.5) is 0 Å². The number of carbonyl (C=O) groups is 1. The van der Waals surface area contributed by atoms with E-state index in [1.165, 1.54) is 0 Å². The molecule has 0 atom stereocenters. The number of hydrogen-bond acceptors (Lipinski definition) is 2. The van der Waals surface area contributed by atoms with Gasteiger partial charge in [-0.05, 0) is 19.1 Å². The third-order valence-electron chi connectivity index (χ3n) is 1.92. The van der Waals surface area contributed by atoms with Crippen molar-refractivity contribution in [1.29, 1.82) is 0 Å². The zero-order valence-electron chi connectivity index (χ0n) is 6.99. The maximum atomic E-state index is 10.6. The molecule has 0 saturated heterocycles. The van der Waals surface area contributed by atoms with Crippen molar-refractivity contribution in [3.63, 3.8) is 0 Å². The summed E-state index contributed by atoms with van der Waals surface area (Å²) in [6.45, 7) is 1.85. The number of hydrogen-bond donors (Lipinski definition) is 0. The van der Waals surface area contributed by atoms with Crippen LogP contribution in [0.15, 0.2) is 18.3 Å². The Balaban J connectivity index is 2.88. The molecular weight excluding hydrogens is 188 g/mol. The standard InChI is InChI=1S/C9H7ClN2O/c1-6-8-4-7(10)2-3-12(8)9(5-13)11-6/h2-5H,1H3. The van der Waals surface area contributed by atoms with Gasteiger partial charge in [0, 0.05) is 11.2 Å². The lowest BCUT2D eigenvalue weighted by Crippen LogP contribution is -1.90. The van der Waals surface area contributed by atoms with E-state index in [9.17, 15) is 4.79 Å². The number of nitrogens with zero attached hydrogens (tertiary/aromatic N) is 2. The van der Waals surface area contributed by atoms with Gasteiger partial charge in [-0.3, -0.25) is 9.20 Å². The molecule has 2 heterocycles. The minimum absolute atomic E-state index is 0.407. The topological polar surface area (TPSA) is 34.4 Å². The molecule has 3 nitrogen and oxygen atoms in total. The van der Waals surface area contributed by atoms with Crippen LogP contribution in [0.5, 0.6) is 0 Å². The molecule has 0 radical (unpaired) electrons. The minimum Gasteiger partial charge on any atom is -0.297 e. The van der Waals surface area contributed by atoms with E-state index < -0.39 is 0 Å². The lowest BCUT2D eigenvalue weighted by atomic mass is 10.3. The molecule has 2 aromatic rings. The Bertz CT molecular complexity index is 476. The average molecular weight is 195 g/mol. The molecule has 4 heteroatoms. The van der Waals surface area contributed by atoms with Crippen LogP contribution in [0.3, 0.4) is 0 Å². The highest BCUT2D eigenvalue weighted by atomic mass is 35.5. The predicted octanol–water partition coefficient (Wildman–Crippen LogP) is 2.11. The Morgan fingerprint density at radius 3 is 3.08 bits per heavy atom. The minimum atomic E-state index is 0.407. The lowest BCUT2D eigenvalue weighted by Gasteiger charge is -1.95. The highest BCUT2D eigenvalue weighted by molar-refractivity contribution is 6.30. The van der Waals surface area contributed by atoms with E-state index in [1.54, 1.807) is 22.7 Å². The first-order valence-corrected chi connectivity index (χ1v) is 4.19. The number of fused-ring (bicyclic) bond motifs is 1. The van der Waals surface area contributed by atoms with Gasteiger partial charge in [-0.2, -0.15) is 0 Å². The fraction of sp³-hybridized carbons (Fsp3) is 0.111. The second-order valence-electron chi connectivity index (χ2n) is 2.77. The van der Waals surface area contributed by atoms with Gasteiger partial charge in [0.05, 0.1) is 11.2 Å². The van der Waals surface area contributed by atoms with Gasteiger partial charge in [0.2, 0.25) is 0 Å². The van der Waals surface area contributed by atoms with Crippen molar-refractivity contribution in [3.8, 4) is 0 Å². The molecule has 0 bridgehead atoms. The van der Waals surface area contributed by atoms with Crippen molar-refractivity contribution < 1.29 is 4.79 Å². The van der Waals surface area contributed by atoms with E-state index in [2.05, 4.69) is 4.98 Å². The molecule has 66 valence electrons. The summed E-state index contributed by atoms with van der Waals surface area (Å²) in [6.07, 6.45) is 2.47. The van der Waals surface area contributed by atoms with Crippen LogP contribution in [0, 0.1) is 6.92 Å². The number of pyridine rings is 1. The van der Waals surface area contributed by atoms with Crippen LogP contribution in [-0.2, 0) is 0 Å². The number of carbonyl (C=O) groups excluding carboxylic acids is 1. The first-order chi connectivity index (χ1) is 6.22. The van der Waals surface area contributed by atoms with Crippen molar-refractivity contribution in [3.05, 3.63) is 34.9 Å². The number of imidazole rings is 1. The van der Waals surface area contributed by atoms with E-state index in [0.29, 0.717) is 10.8 Å². The van der Waals surface area contributed by atoms with Crippen LogP contribution in [0.2, 0.25) is 5.02 Å². The van der Waals surface area contributed by atoms with Crippen LogP contribution < -0.4 is 0 Å².